The number of rotatable bonds is 2. The number of carbonyl (C=O) groups is 1. The molecule has 1 spiro atoms. The summed E-state index contributed by atoms with van der Waals surface area (Å²) in [6, 6.07) is 25.3. The molecule has 6 rings (SSSR count). The van der Waals surface area contributed by atoms with Crippen LogP contribution in [0.1, 0.15) is 17.2 Å². The Morgan fingerprint density at radius 1 is 1.00 bits per heavy atom. The zero-order valence-corrected chi connectivity index (χ0v) is 17.2. The molecule has 3 heterocycles. The van der Waals surface area contributed by atoms with Crippen LogP contribution in [0.2, 0.25) is 5.02 Å². The van der Waals surface area contributed by atoms with Crippen LogP contribution in [0.3, 0.4) is 0 Å². The predicted octanol–water partition coefficient (Wildman–Crippen LogP) is 5.15. The summed E-state index contributed by atoms with van der Waals surface area (Å²) in [5, 5.41) is 8.05. The van der Waals surface area contributed by atoms with Crippen LogP contribution in [-0.4, -0.2) is 17.0 Å². The summed E-state index contributed by atoms with van der Waals surface area (Å²) in [6.07, 6.45) is -0.263. The fourth-order valence-corrected chi connectivity index (χ4v) is 6.22. The van der Waals surface area contributed by atoms with Gasteiger partial charge in [-0.1, -0.05) is 65.3 Å². The number of carbonyl (C=O) groups excluding carboxylic acids is 1. The molecule has 3 aromatic carbocycles. The number of amidine groups is 1. The fraction of sp³-hybridized carbons (Fsp3) is 0.130. The van der Waals surface area contributed by atoms with Gasteiger partial charge in [0.25, 0.3) is 5.91 Å². The van der Waals surface area contributed by atoms with Gasteiger partial charge in [-0.25, -0.2) is 0 Å². The molecule has 7 heteroatoms. The first-order valence-electron chi connectivity index (χ1n) is 9.62. The number of hydrogen-bond donors (Lipinski definition) is 1. The molecule has 30 heavy (non-hydrogen) atoms. The van der Waals surface area contributed by atoms with E-state index in [2.05, 4.69) is 10.5 Å². The van der Waals surface area contributed by atoms with Crippen molar-refractivity contribution in [3.05, 3.63) is 95.0 Å². The van der Waals surface area contributed by atoms with Crippen LogP contribution < -0.4 is 10.2 Å². The lowest BCUT2D eigenvalue weighted by Gasteiger charge is -2.33. The first kappa shape index (κ1) is 17.9. The Morgan fingerprint density at radius 3 is 2.53 bits per heavy atom. The minimum atomic E-state index is -0.954. The summed E-state index contributed by atoms with van der Waals surface area (Å²) < 4.78 is 0. The standard InChI is InChI=1S/C23H16ClN3O2S/c24-15-10-12-16(13-11-15)27-21-20(19(29-26-21)14-6-2-1-3-7-14)30-23(27)17-8-4-5-9-18(17)25-22(23)28/h1-13,19-20H,(H,25,28). The summed E-state index contributed by atoms with van der Waals surface area (Å²) in [4.78, 5) is 20.4. The van der Waals surface area contributed by atoms with Crippen LogP contribution in [0.4, 0.5) is 11.4 Å². The van der Waals surface area contributed by atoms with E-state index in [0.717, 1.165) is 28.3 Å². The number of halogens is 1. The number of nitrogens with one attached hydrogen (secondary N) is 1. The Bertz CT molecular complexity index is 1180. The molecular weight excluding hydrogens is 418 g/mol. The highest BCUT2D eigenvalue weighted by Gasteiger charge is 2.64. The summed E-state index contributed by atoms with van der Waals surface area (Å²) in [5.74, 6) is 0.663. The van der Waals surface area contributed by atoms with Gasteiger partial charge in [-0.3, -0.25) is 9.69 Å². The van der Waals surface area contributed by atoms with E-state index >= 15 is 0 Å². The largest absolute Gasteiger partial charge is 0.384 e. The zero-order chi connectivity index (χ0) is 20.3. The number of benzene rings is 3. The van der Waals surface area contributed by atoms with E-state index in [9.17, 15) is 4.79 Å². The van der Waals surface area contributed by atoms with Gasteiger partial charge in [-0.05, 0) is 35.9 Å². The smallest absolute Gasteiger partial charge is 0.266 e. The van der Waals surface area contributed by atoms with E-state index in [-0.39, 0.29) is 17.3 Å². The van der Waals surface area contributed by atoms with E-state index in [0.29, 0.717) is 5.02 Å². The first-order valence-corrected chi connectivity index (χ1v) is 10.9. The van der Waals surface area contributed by atoms with Crippen molar-refractivity contribution in [3.8, 4) is 0 Å². The monoisotopic (exact) mass is 433 g/mol. The molecule has 148 valence electrons. The number of amides is 1. The lowest BCUT2D eigenvalue weighted by molar-refractivity contribution is -0.117. The topological polar surface area (TPSA) is 53.9 Å². The van der Waals surface area contributed by atoms with Gasteiger partial charge in [-0.15, -0.1) is 11.8 Å². The van der Waals surface area contributed by atoms with Gasteiger partial charge in [0, 0.05) is 22.0 Å². The highest BCUT2D eigenvalue weighted by Crippen LogP contribution is 2.60. The Labute approximate surface area is 182 Å². The molecule has 1 saturated heterocycles. The predicted molar refractivity (Wildman–Crippen MR) is 120 cm³/mol. The van der Waals surface area contributed by atoms with Gasteiger partial charge >= 0.3 is 0 Å². The Hall–Kier alpha value is -2.96. The molecule has 1 amide bonds. The third kappa shape index (κ3) is 2.38. The Morgan fingerprint density at radius 2 is 1.73 bits per heavy atom. The third-order valence-corrected chi connectivity index (χ3v) is 7.58. The molecule has 3 aromatic rings. The van der Waals surface area contributed by atoms with Crippen molar-refractivity contribution in [1.82, 2.24) is 0 Å². The molecule has 3 aliphatic rings. The third-order valence-electron chi connectivity index (χ3n) is 5.69. The second-order valence-corrected chi connectivity index (χ2v) is 9.15. The summed E-state index contributed by atoms with van der Waals surface area (Å²) in [7, 11) is 0. The average molecular weight is 434 g/mol. The molecule has 0 saturated carbocycles. The minimum Gasteiger partial charge on any atom is -0.384 e. The normalized spacial score (nSPS) is 26.2. The molecular formula is C23H16ClN3O2S. The van der Waals surface area contributed by atoms with Crippen LogP contribution in [0.5, 0.6) is 0 Å². The number of anilines is 2. The van der Waals surface area contributed by atoms with Crippen molar-refractivity contribution in [2.45, 2.75) is 16.2 Å². The van der Waals surface area contributed by atoms with Crippen LogP contribution in [0.25, 0.3) is 0 Å². The molecule has 0 aromatic heterocycles. The molecule has 0 aliphatic carbocycles. The molecule has 1 fully saturated rings. The molecule has 0 radical (unpaired) electrons. The first-order chi connectivity index (χ1) is 14.7. The quantitative estimate of drug-likeness (QED) is 0.607. The molecule has 0 bridgehead atoms. The van der Waals surface area contributed by atoms with Crippen LogP contribution >= 0.6 is 23.4 Å². The maximum absolute atomic E-state index is 13.5. The number of para-hydroxylation sites is 1. The number of fused-ring (bicyclic) bond motifs is 3. The lowest BCUT2D eigenvalue weighted by atomic mass is 10.0. The summed E-state index contributed by atoms with van der Waals surface area (Å²) >= 11 is 7.71. The maximum atomic E-state index is 13.5. The van der Waals surface area contributed by atoms with Crippen molar-refractivity contribution in [1.29, 1.82) is 0 Å². The van der Waals surface area contributed by atoms with Crippen LogP contribution in [0, 0.1) is 0 Å². The van der Waals surface area contributed by atoms with Gasteiger partial charge in [0.2, 0.25) is 4.87 Å². The molecule has 5 nitrogen and oxygen atoms in total. The number of nitrogens with zero attached hydrogens (tertiary/aromatic N) is 2. The van der Waals surface area contributed by atoms with Crippen molar-refractivity contribution in [2.75, 3.05) is 10.2 Å². The lowest BCUT2D eigenvalue weighted by Crippen LogP contribution is -2.47. The molecule has 3 atom stereocenters. The van der Waals surface area contributed by atoms with E-state index in [4.69, 9.17) is 16.4 Å². The Balaban J connectivity index is 1.54. The summed E-state index contributed by atoms with van der Waals surface area (Å²) in [6.45, 7) is 0. The maximum Gasteiger partial charge on any atom is 0.266 e. The number of thioether (sulfide) groups is 1. The van der Waals surface area contributed by atoms with Gasteiger partial charge in [-0.2, -0.15) is 0 Å². The van der Waals surface area contributed by atoms with Gasteiger partial charge in [0.1, 0.15) is 5.25 Å². The van der Waals surface area contributed by atoms with Crippen molar-refractivity contribution >= 4 is 46.5 Å². The number of oxime groups is 1. The number of hydrogen-bond acceptors (Lipinski definition) is 5. The second kappa shape index (κ2) is 6.52. The minimum absolute atomic E-state index is 0.0763. The fourth-order valence-electron chi connectivity index (χ4n) is 4.37. The highest BCUT2D eigenvalue weighted by molar-refractivity contribution is 8.03. The highest BCUT2D eigenvalue weighted by atomic mass is 35.5. The van der Waals surface area contributed by atoms with E-state index < -0.39 is 4.87 Å². The van der Waals surface area contributed by atoms with Crippen LogP contribution in [-0.2, 0) is 14.5 Å². The molecule has 3 unspecified atom stereocenters. The molecule has 3 aliphatic heterocycles. The van der Waals surface area contributed by atoms with Crippen molar-refractivity contribution in [3.63, 3.8) is 0 Å². The Kier molecular flexibility index (Phi) is 3.88. The summed E-state index contributed by atoms with van der Waals surface area (Å²) in [5.41, 5.74) is 3.64. The van der Waals surface area contributed by atoms with Gasteiger partial charge in [0.05, 0.1) is 0 Å². The molecule has 1 N–H and O–H groups in total. The van der Waals surface area contributed by atoms with E-state index in [1.165, 1.54) is 0 Å². The SMILES string of the molecule is O=C1Nc2ccccc2C12SC1C(=NOC1c1ccccc1)N2c1ccc(Cl)cc1. The van der Waals surface area contributed by atoms with Crippen molar-refractivity contribution < 1.29 is 9.63 Å². The van der Waals surface area contributed by atoms with Gasteiger partial charge < -0.3 is 10.2 Å². The van der Waals surface area contributed by atoms with Gasteiger partial charge in [0.15, 0.2) is 11.9 Å². The van der Waals surface area contributed by atoms with E-state index in [1.807, 2.05) is 83.8 Å². The van der Waals surface area contributed by atoms with E-state index in [1.54, 1.807) is 11.8 Å². The average Bonchev–Trinajstić information content (AvgIpc) is 3.41. The van der Waals surface area contributed by atoms with Crippen molar-refractivity contribution in [2.24, 2.45) is 5.16 Å². The second-order valence-electron chi connectivity index (χ2n) is 7.38. The zero-order valence-electron chi connectivity index (χ0n) is 15.7. The van der Waals surface area contributed by atoms with Crippen LogP contribution in [0.15, 0.2) is 84.0 Å².